The van der Waals surface area contributed by atoms with E-state index in [1.54, 1.807) is 34.3 Å². The van der Waals surface area contributed by atoms with Crippen molar-refractivity contribution in [3.8, 4) is 0 Å². The van der Waals surface area contributed by atoms with Crippen LogP contribution in [0.15, 0.2) is 89.2 Å². The molecule has 3 N–H and O–H groups in total. The summed E-state index contributed by atoms with van der Waals surface area (Å²) in [7, 11) is -4.03. The molecule has 0 bridgehead atoms. The maximum Gasteiger partial charge on any atom is 0.321 e. The van der Waals surface area contributed by atoms with Gasteiger partial charge >= 0.3 is 6.03 Å². The maximum absolute atomic E-state index is 14.3. The van der Waals surface area contributed by atoms with Gasteiger partial charge in [0.2, 0.25) is 15.9 Å². The first-order valence-electron chi connectivity index (χ1n) is 17.3. The molecule has 3 amide bonds. The van der Waals surface area contributed by atoms with Crippen molar-refractivity contribution in [3.05, 3.63) is 95.8 Å². The van der Waals surface area contributed by atoms with Crippen LogP contribution in [0.25, 0.3) is 0 Å². The summed E-state index contributed by atoms with van der Waals surface area (Å²) in [6, 6.07) is 17.3. The number of hydrogen-bond acceptors (Lipinski definition) is 8. The molecule has 2 fully saturated rings. The first-order chi connectivity index (χ1) is 24.1. The third-order valence-electron chi connectivity index (χ3n) is 9.90. The van der Waals surface area contributed by atoms with Crippen molar-refractivity contribution in [2.75, 3.05) is 26.2 Å². The van der Waals surface area contributed by atoms with Crippen LogP contribution in [0.1, 0.15) is 56.2 Å². The molecule has 13 heteroatoms. The number of aliphatic hydroxyl groups is 1. The van der Waals surface area contributed by atoms with Gasteiger partial charge in [0.05, 0.1) is 23.3 Å². The molecule has 1 aliphatic heterocycles. The number of aliphatic hydroxyl groups excluding tert-OH is 1. The number of hydrogen-bond donors (Lipinski definition) is 3. The van der Waals surface area contributed by atoms with E-state index in [-0.39, 0.29) is 48.2 Å². The number of aromatic nitrogens is 1. The third-order valence-corrected chi connectivity index (χ3v) is 11.7. The molecule has 2 heterocycles. The van der Waals surface area contributed by atoms with E-state index in [0.717, 1.165) is 30.4 Å². The molecule has 1 aliphatic carbocycles. The molecular formula is C37H48N6O6S. The molecule has 50 heavy (non-hydrogen) atoms. The van der Waals surface area contributed by atoms with Gasteiger partial charge in [-0.15, -0.1) is 0 Å². The minimum absolute atomic E-state index is 0.0583. The van der Waals surface area contributed by atoms with Crippen LogP contribution in [0.5, 0.6) is 0 Å². The Kier molecular flexibility index (Phi) is 12.6. The highest BCUT2D eigenvalue weighted by atomic mass is 32.2. The Hall–Kier alpha value is -4.33. The molecule has 12 nitrogen and oxygen atoms in total. The van der Waals surface area contributed by atoms with Crippen LogP contribution >= 0.6 is 0 Å². The van der Waals surface area contributed by atoms with Crippen molar-refractivity contribution in [1.29, 1.82) is 0 Å². The van der Waals surface area contributed by atoms with Crippen LogP contribution in [0, 0.1) is 11.8 Å². The number of amides is 3. The molecule has 0 radical (unpaired) electrons. The van der Waals surface area contributed by atoms with E-state index in [0.29, 0.717) is 31.6 Å². The Morgan fingerprint density at radius 2 is 1.80 bits per heavy atom. The van der Waals surface area contributed by atoms with E-state index in [2.05, 4.69) is 15.5 Å². The largest absolute Gasteiger partial charge is 0.411 e. The summed E-state index contributed by atoms with van der Waals surface area (Å²) < 4.78 is 29.4. The predicted molar refractivity (Wildman–Crippen MR) is 190 cm³/mol. The highest BCUT2D eigenvalue weighted by Crippen LogP contribution is 2.30. The topological polar surface area (TPSA) is 156 Å². The van der Waals surface area contributed by atoms with E-state index in [4.69, 9.17) is 5.21 Å². The molecular weight excluding hydrogens is 657 g/mol. The molecule has 5 rings (SSSR count). The van der Waals surface area contributed by atoms with Crippen LogP contribution in [0.4, 0.5) is 4.79 Å². The molecule has 3 aromatic rings. The summed E-state index contributed by atoms with van der Waals surface area (Å²) in [4.78, 5) is 35.5. The Balaban J connectivity index is 1.38. The number of pyridine rings is 1. The van der Waals surface area contributed by atoms with Crippen LogP contribution in [-0.4, -0.2) is 100 Å². The molecule has 1 saturated heterocycles. The fraction of sp³-hybridized carbons (Fsp3) is 0.459. The van der Waals surface area contributed by atoms with E-state index in [1.807, 2.05) is 56.3 Å². The zero-order valence-electron chi connectivity index (χ0n) is 28.7. The van der Waals surface area contributed by atoms with Crippen molar-refractivity contribution >= 4 is 28.2 Å². The quantitative estimate of drug-likeness (QED) is 0.109. The standard InChI is InChI=1S/C37H48N6O6S/c1-3-27(2)35(43-20-19-41(37(43)46)24-31-13-8-18-38-22-31)36(45)40-33(21-28-9-5-4-6-10-28)34(44)26-42(25-30-11-7-12-30)50(48,49)32-16-14-29(15-17-32)23-39-47/h4-6,8-10,13-18,22-23,27,30,33-35,44,47H,3,7,11-12,19-21,24-26H2,1-2H3,(H,40,45)/t27-,33-,34+,35-/m0/s1. The Labute approximate surface area is 294 Å². The number of nitrogens with zero attached hydrogens (tertiary/aromatic N) is 5. The van der Waals surface area contributed by atoms with Crippen molar-refractivity contribution in [1.82, 2.24) is 24.4 Å². The molecule has 268 valence electrons. The van der Waals surface area contributed by atoms with Gasteiger partial charge in [0.25, 0.3) is 0 Å². The smallest absolute Gasteiger partial charge is 0.321 e. The minimum Gasteiger partial charge on any atom is -0.411 e. The van der Waals surface area contributed by atoms with Gasteiger partial charge in [-0.25, -0.2) is 13.2 Å². The molecule has 0 unspecified atom stereocenters. The first kappa shape index (κ1) is 36.9. The second-order valence-corrected chi connectivity index (χ2v) is 15.3. The van der Waals surface area contributed by atoms with Crippen molar-refractivity contribution in [3.63, 3.8) is 0 Å². The van der Waals surface area contributed by atoms with Gasteiger partial charge in [-0.1, -0.05) is 80.4 Å². The van der Waals surface area contributed by atoms with Crippen molar-refractivity contribution in [2.45, 2.75) is 75.6 Å². The third kappa shape index (κ3) is 9.06. The van der Waals surface area contributed by atoms with Crippen LogP contribution < -0.4 is 5.32 Å². The van der Waals surface area contributed by atoms with Crippen LogP contribution in [-0.2, 0) is 27.8 Å². The zero-order valence-corrected chi connectivity index (χ0v) is 29.5. The average molecular weight is 705 g/mol. The first-order valence-corrected chi connectivity index (χ1v) is 18.8. The summed E-state index contributed by atoms with van der Waals surface area (Å²) >= 11 is 0. The highest BCUT2D eigenvalue weighted by Gasteiger charge is 2.41. The van der Waals surface area contributed by atoms with Gasteiger partial charge in [-0.05, 0) is 66.0 Å². The van der Waals surface area contributed by atoms with E-state index in [1.165, 1.54) is 22.7 Å². The minimum atomic E-state index is -4.03. The number of urea groups is 1. The SMILES string of the molecule is CC[C@H](C)[C@@H](C(=O)N[C@@H](Cc1ccccc1)[C@H](O)CN(CC1CCC1)S(=O)(=O)c1ccc(C=NO)cc1)N1CCN(Cc2cccnc2)C1=O. The number of benzene rings is 2. The van der Waals surface area contributed by atoms with Gasteiger partial charge in [0.1, 0.15) is 6.04 Å². The van der Waals surface area contributed by atoms with E-state index >= 15 is 0 Å². The predicted octanol–water partition coefficient (Wildman–Crippen LogP) is 4.12. The molecule has 4 atom stereocenters. The Bertz CT molecular complexity index is 1690. The Morgan fingerprint density at radius 1 is 1.08 bits per heavy atom. The maximum atomic E-state index is 14.3. The lowest BCUT2D eigenvalue weighted by Gasteiger charge is -2.36. The van der Waals surface area contributed by atoms with E-state index in [9.17, 15) is 23.1 Å². The summed E-state index contributed by atoms with van der Waals surface area (Å²) in [6.07, 6.45) is 7.08. The van der Waals surface area contributed by atoms with Gasteiger partial charge < -0.3 is 25.4 Å². The van der Waals surface area contributed by atoms with Crippen molar-refractivity contribution in [2.24, 2.45) is 17.0 Å². The summed E-state index contributed by atoms with van der Waals surface area (Å²) in [5, 5.41) is 26.8. The van der Waals surface area contributed by atoms with Gasteiger partial charge in [0.15, 0.2) is 0 Å². The lowest BCUT2D eigenvalue weighted by molar-refractivity contribution is -0.128. The highest BCUT2D eigenvalue weighted by molar-refractivity contribution is 7.89. The number of nitrogens with one attached hydrogen (secondary N) is 1. The normalized spacial score (nSPS) is 17.9. The summed E-state index contributed by atoms with van der Waals surface area (Å²) in [5.41, 5.74) is 2.30. The van der Waals surface area contributed by atoms with Crippen LogP contribution in [0.2, 0.25) is 0 Å². The summed E-state index contributed by atoms with van der Waals surface area (Å²) in [6.45, 7) is 5.16. The summed E-state index contributed by atoms with van der Waals surface area (Å²) in [5.74, 6) is -0.392. The fourth-order valence-corrected chi connectivity index (χ4v) is 8.11. The second-order valence-electron chi connectivity index (χ2n) is 13.4. The molecule has 1 saturated carbocycles. The van der Waals surface area contributed by atoms with E-state index < -0.39 is 28.2 Å². The van der Waals surface area contributed by atoms with Crippen LogP contribution in [0.3, 0.4) is 0 Å². The number of carbonyl (C=O) groups is 2. The van der Waals surface area contributed by atoms with Gasteiger partial charge in [-0.2, -0.15) is 4.31 Å². The monoisotopic (exact) mass is 704 g/mol. The molecule has 2 aromatic carbocycles. The van der Waals surface area contributed by atoms with Crippen molar-refractivity contribution < 1.29 is 28.3 Å². The lowest BCUT2D eigenvalue weighted by atomic mass is 9.85. The number of oxime groups is 1. The fourth-order valence-electron chi connectivity index (χ4n) is 6.58. The molecule has 1 aromatic heterocycles. The number of carbonyl (C=O) groups excluding carboxylic acids is 2. The zero-order chi connectivity index (χ0) is 35.7. The number of rotatable bonds is 17. The Morgan fingerprint density at radius 3 is 2.42 bits per heavy atom. The molecule has 0 spiro atoms. The van der Waals surface area contributed by atoms with Gasteiger partial charge in [0, 0.05) is 45.1 Å². The number of sulfonamides is 1. The average Bonchev–Trinajstić information content (AvgIpc) is 3.45. The molecule has 2 aliphatic rings. The van der Waals surface area contributed by atoms with Gasteiger partial charge in [-0.3, -0.25) is 9.78 Å². The lowest BCUT2D eigenvalue weighted by Crippen LogP contribution is -2.57. The second kappa shape index (κ2) is 17.1.